The third-order valence-electron chi connectivity index (χ3n) is 5.54. The molecule has 0 aromatic heterocycles. The molecule has 0 unspecified atom stereocenters. The lowest BCUT2D eigenvalue weighted by Gasteiger charge is -2.30. The number of benzene rings is 2. The summed E-state index contributed by atoms with van der Waals surface area (Å²) in [7, 11) is 0. The van der Waals surface area contributed by atoms with E-state index in [0.29, 0.717) is 61.8 Å². The number of hydrogen-bond acceptors (Lipinski definition) is 6. The largest absolute Gasteiger partial charge is 0.486 e. The van der Waals surface area contributed by atoms with E-state index in [1.165, 1.54) is 18.2 Å². The average molecular weight is 422 g/mol. The predicted molar refractivity (Wildman–Crippen MR) is 113 cm³/mol. The molecule has 4 rings (SSSR count). The maximum atomic E-state index is 12.9. The van der Waals surface area contributed by atoms with Gasteiger partial charge in [0.15, 0.2) is 17.3 Å². The van der Waals surface area contributed by atoms with Crippen LogP contribution in [0.1, 0.15) is 28.8 Å². The van der Waals surface area contributed by atoms with Crippen molar-refractivity contribution in [3.05, 3.63) is 69.8 Å². The molecule has 2 aromatic rings. The number of piperidine rings is 1. The molecule has 160 valence electrons. The maximum Gasteiger partial charge on any atom is 0.276 e. The van der Waals surface area contributed by atoms with E-state index in [9.17, 15) is 19.7 Å². The summed E-state index contributed by atoms with van der Waals surface area (Å²) in [6.07, 6.45) is 3.95. The molecule has 0 aliphatic carbocycles. The highest BCUT2D eigenvalue weighted by Gasteiger charge is 2.28. The number of fused-ring (bicyclic) bond motifs is 1. The highest BCUT2D eigenvalue weighted by Crippen LogP contribution is 2.32. The number of nitrogens with zero attached hydrogens (tertiary/aromatic N) is 2. The summed E-state index contributed by atoms with van der Waals surface area (Å²) in [5, 5.41) is 11.1. The van der Waals surface area contributed by atoms with Gasteiger partial charge in [-0.1, -0.05) is 12.1 Å². The minimum Gasteiger partial charge on any atom is -0.486 e. The Hall–Kier alpha value is -3.68. The minimum atomic E-state index is -0.473. The predicted octanol–water partition coefficient (Wildman–Crippen LogP) is 3.50. The molecule has 0 saturated carbocycles. The van der Waals surface area contributed by atoms with Crippen molar-refractivity contribution in [2.45, 2.75) is 12.8 Å². The van der Waals surface area contributed by atoms with Crippen molar-refractivity contribution in [2.24, 2.45) is 5.92 Å². The third-order valence-corrected chi connectivity index (χ3v) is 5.54. The van der Waals surface area contributed by atoms with Gasteiger partial charge in [0.1, 0.15) is 13.2 Å². The second-order valence-corrected chi connectivity index (χ2v) is 7.47. The van der Waals surface area contributed by atoms with Gasteiger partial charge in [0.2, 0.25) is 5.91 Å². The van der Waals surface area contributed by atoms with Crippen molar-refractivity contribution in [3.63, 3.8) is 0 Å². The van der Waals surface area contributed by atoms with Gasteiger partial charge in [-0.3, -0.25) is 19.7 Å². The first-order chi connectivity index (χ1) is 15.0. The highest BCUT2D eigenvalue weighted by atomic mass is 16.6. The van der Waals surface area contributed by atoms with Gasteiger partial charge in [0, 0.05) is 36.7 Å². The Kier molecular flexibility index (Phi) is 5.97. The maximum absolute atomic E-state index is 12.9. The zero-order chi connectivity index (χ0) is 21.8. The van der Waals surface area contributed by atoms with Gasteiger partial charge in [-0.2, -0.15) is 0 Å². The Labute approximate surface area is 179 Å². The molecule has 0 bridgehead atoms. The molecule has 0 radical (unpaired) electrons. The quantitative estimate of drug-likeness (QED) is 0.317. The molecule has 31 heavy (non-hydrogen) atoms. The molecule has 1 amide bonds. The number of Topliss-reactive ketones (excluding diaryl/α,β-unsaturated/α-hetero) is 1. The highest BCUT2D eigenvalue weighted by molar-refractivity contribution is 5.99. The molecule has 8 heteroatoms. The molecular formula is C23H22N2O6. The number of carbonyl (C=O) groups is 2. The zero-order valence-corrected chi connectivity index (χ0v) is 16.9. The van der Waals surface area contributed by atoms with Crippen LogP contribution in [0.5, 0.6) is 11.5 Å². The van der Waals surface area contributed by atoms with E-state index in [2.05, 4.69) is 0 Å². The number of ketones is 1. The van der Waals surface area contributed by atoms with Crippen LogP contribution in [0.3, 0.4) is 0 Å². The SMILES string of the molecule is O=C(c1ccc2c(c1)OCCO2)C1CCN(C(=O)/C=C/c2ccccc2[N+](=O)[O-])CC1. The van der Waals surface area contributed by atoms with E-state index in [-0.39, 0.29) is 23.3 Å². The van der Waals surface area contributed by atoms with Gasteiger partial charge in [0.05, 0.1) is 10.5 Å². The Balaban J connectivity index is 1.36. The smallest absolute Gasteiger partial charge is 0.276 e. The van der Waals surface area contributed by atoms with Crippen LogP contribution in [0.25, 0.3) is 6.08 Å². The molecule has 8 nitrogen and oxygen atoms in total. The van der Waals surface area contributed by atoms with Crippen LogP contribution in [0.4, 0.5) is 5.69 Å². The fraction of sp³-hybridized carbons (Fsp3) is 0.304. The summed E-state index contributed by atoms with van der Waals surface area (Å²) >= 11 is 0. The van der Waals surface area contributed by atoms with Crippen LogP contribution in [-0.4, -0.2) is 47.8 Å². The summed E-state index contributed by atoms with van der Waals surface area (Å²) < 4.78 is 11.1. The summed E-state index contributed by atoms with van der Waals surface area (Å²) in [5.41, 5.74) is 0.921. The third kappa shape index (κ3) is 4.58. The lowest BCUT2D eigenvalue weighted by Crippen LogP contribution is -2.39. The Morgan fingerprint density at radius 2 is 1.74 bits per heavy atom. The first kappa shape index (κ1) is 20.6. The van der Waals surface area contributed by atoms with Crippen LogP contribution in [-0.2, 0) is 4.79 Å². The molecular weight excluding hydrogens is 400 g/mol. The average Bonchev–Trinajstić information content (AvgIpc) is 2.82. The Bertz CT molecular complexity index is 1040. The first-order valence-corrected chi connectivity index (χ1v) is 10.2. The van der Waals surface area contributed by atoms with Crippen LogP contribution in [0, 0.1) is 16.0 Å². The number of amides is 1. The number of likely N-dealkylation sites (tertiary alicyclic amines) is 1. The van der Waals surface area contributed by atoms with Crippen LogP contribution < -0.4 is 9.47 Å². The van der Waals surface area contributed by atoms with Crippen LogP contribution in [0.15, 0.2) is 48.5 Å². The number of para-hydroxylation sites is 1. The van der Waals surface area contributed by atoms with Crippen molar-refractivity contribution < 1.29 is 24.0 Å². The van der Waals surface area contributed by atoms with Crippen molar-refractivity contribution in [2.75, 3.05) is 26.3 Å². The lowest BCUT2D eigenvalue weighted by molar-refractivity contribution is -0.385. The number of rotatable bonds is 5. The number of nitro groups is 1. The number of ether oxygens (including phenoxy) is 2. The van der Waals surface area contributed by atoms with Crippen molar-refractivity contribution in [3.8, 4) is 11.5 Å². The summed E-state index contributed by atoms with van der Waals surface area (Å²) in [6, 6.07) is 11.5. The Morgan fingerprint density at radius 3 is 2.48 bits per heavy atom. The standard InChI is InChI=1S/C23H22N2O6/c26-22(8-6-16-3-1-2-4-19(16)25(28)29)24-11-9-17(10-12-24)23(27)18-5-7-20-21(15-18)31-14-13-30-20/h1-8,15,17H,9-14H2/b8-6+. The second-order valence-electron chi connectivity index (χ2n) is 7.47. The van der Waals surface area contributed by atoms with Gasteiger partial charge in [-0.05, 0) is 43.2 Å². The van der Waals surface area contributed by atoms with Crippen LogP contribution in [0.2, 0.25) is 0 Å². The van der Waals surface area contributed by atoms with E-state index < -0.39 is 4.92 Å². The molecule has 1 fully saturated rings. The molecule has 1 saturated heterocycles. The number of hydrogen-bond donors (Lipinski definition) is 0. The van der Waals surface area contributed by atoms with Crippen molar-refractivity contribution in [1.82, 2.24) is 4.90 Å². The minimum absolute atomic E-state index is 0.0412. The molecule has 2 heterocycles. The van der Waals surface area contributed by atoms with E-state index >= 15 is 0 Å². The molecule has 2 aromatic carbocycles. The first-order valence-electron chi connectivity index (χ1n) is 10.2. The van der Waals surface area contributed by atoms with E-state index in [1.54, 1.807) is 41.3 Å². The van der Waals surface area contributed by atoms with Gasteiger partial charge in [0.25, 0.3) is 5.69 Å². The monoisotopic (exact) mass is 422 g/mol. The molecule has 0 atom stereocenters. The molecule has 0 N–H and O–H groups in total. The van der Waals surface area contributed by atoms with Gasteiger partial charge < -0.3 is 14.4 Å². The fourth-order valence-electron chi connectivity index (χ4n) is 3.86. The van der Waals surface area contributed by atoms with Gasteiger partial charge >= 0.3 is 0 Å². The number of nitro benzene ring substituents is 1. The summed E-state index contributed by atoms with van der Waals surface area (Å²) in [5.74, 6) is 0.896. The molecule has 2 aliphatic heterocycles. The summed E-state index contributed by atoms with van der Waals surface area (Å²) in [4.78, 5) is 37.7. The van der Waals surface area contributed by atoms with Gasteiger partial charge in [-0.25, -0.2) is 0 Å². The van der Waals surface area contributed by atoms with E-state index in [1.807, 2.05) is 0 Å². The van der Waals surface area contributed by atoms with Crippen molar-refractivity contribution >= 4 is 23.5 Å². The molecule has 0 spiro atoms. The lowest BCUT2D eigenvalue weighted by atomic mass is 9.88. The zero-order valence-electron chi connectivity index (χ0n) is 16.9. The molecule has 2 aliphatic rings. The van der Waals surface area contributed by atoms with Crippen molar-refractivity contribution in [1.29, 1.82) is 0 Å². The van der Waals surface area contributed by atoms with E-state index in [0.717, 1.165) is 0 Å². The normalized spacial score (nSPS) is 16.3. The van der Waals surface area contributed by atoms with Crippen LogP contribution >= 0.6 is 0 Å². The van der Waals surface area contributed by atoms with Gasteiger partial charge in [-0.15, -0.1) is 0 Å². The number of carbonyl (C=O) groups excluding carboxylic acids is 2. The summed E-state index contributed by atoms with van der Waals surface area (Å²) in [6.45, 7) is 1.88. The topological polar surface area (TPSA) is 99.0 Å². The fourth-order valence-corrected chi connectivity index (χ4v) is 3.86. The van der Waals surface area contributed by atoms with E-state index in [4.69, 9.17) is 9.47 Å². The second kappa shape index (κ2) is 8.99. The Morgan fingerprint density at radius 1 is 1.03 bits per heavy atom.